The summed E-state index contributed by atoms with van der Waals surface area (Å²) in [6, 6.07) is 1.18. The quantitative estimate of drug-likeness (QED) is 0.807. The van der Waals surface area contributed by atoms with Crippen LogP contribution < -0.4 is 5.73 Å². The van der Waals surface area contributed by atoms with Crippen LogP contribution >= 0.6 is 0 Å². The van der Waals surface area contributed by atoms with Gasteiger partial charge in [-0.15, -0.1) is 0 Å². The lowest BCUT2D eigenvalue weighted by molar-refractivity contribution is 0.0440. The molecule has 0 aromatic rings. The number of nitrogens with two attached hydrogens (primary N) is 1. The molecule has 2 heterocycles. The number of nitrogens with zero attached hydrogens (tertiary/aromatic N) is 2. The summed E-state index contributed by atoms with van der Waals surface area (Å²) in [5.74, 6) is 0.652. The lowest BCUT2D eigenvalue weighted by atomic mass is 9.96. The minimum absolute atomic E-state index is 0.357. The summed E-state index contributed by atoms with van der Waals surface area (Å²) < 4.78 is 0. The van der Waals surface area contributed by atoms with Gasteiger partial charge in [0.1, 0.15) is 0 Å². The van der Waals surface area contributed by atoms with E-state index in [2.05, 4.69) is 23.6 Å². The molecule has 2 fully saturated rings. The second kappa shape index (κ2) is 6.17. The highest BCUT2D eigenvalue weighted by Crippen LogP contribution is 2.21. The van der Waals surface area contributed by atoms with E-state index in [4.69, 9.17) is 5.73 Å². The molecule has 0 aromatic heterocycles. The molecule has 2 aliphatic heterocycles. The predicted octanol–water partition coefficient (Wildman–Crippen LogP) is 1.53. The summed E-state index contributed by atoms with van der Waals surface area (Å²) in [5.41, 5.74) is 6.27. The molecule has 3 unspecified atom stereocenters. The zero-order valence-corrected chi connectivity index (χ0v) is 11.6. The Morgan fingerprint density at radius 3 is 2.82 bits per heavy atom. The van der Waals surface area contributed by atoms with Crippen LogP contribution in [0.3, 0.4) is 0 Å². The summed E-state index contributed by atoms with van der Waals surface area (Å²) in [6.07, 6.45) is 5.43. The van der Waals surface area contributed by atoms with Crippen molar-refractivity contribution in [3.63, 3.8) is 0 Å². The van der Waals surface area contributed by atoms with Crippen LogP contribution in [0, 0.1) is 5.92 Å². The smallest absolute Gasteiger partial charge is 0.0223 e. The van der Waals surface area contributed by atoms with Crippen LogP contribution in [0.25, 0.3) is 0 Å². The van der Waals surface area contributed by atoms with Crippen LogP contribution in [0.5, 0.6) is 0 Å². The van der Waals surface area contributed by atoms with Crippen molar-refractivity contribution in [1.29, 1.82) is 0 Å². The third-order valence-electron chi connectivity index (χ3n) is 4.77. The highest BCUT2D eigenvalue weighted by atomic mass is 15.3. The van der Waals surface area contributed by atoms with Gasteiger partial charge in [0.2, 0.25) is 0 Å². The Kier molecular flexibility index (Phi) is 4.83. The van der Waals surface area contributed by atoms with Crippen molar-refractivity contribution in [2.24, 2.45) is 11.7 Å². The number of piperazine rings is 1. The Labute approximate surface area is 106 Å². The van der Waals surface area contributed by atoms with Crippen molar-refractivity contribution in [2.75, 3.05) is 32.7 Å². The van der Waals surface area contributed by atoms with Gasteiger partial charge in [0.15, 0.2) is 0 Å². The highest BCUT2D eigenvalue weighted by molar-refractivity contribution is 4.86. The number of rotatable bonds is 4. The van der Waals surface area contributed by atoms with E-state index in [1.165, 1.54) is 51.9 Å². The fourth-order valence-corrected chi connectivity index (χ4v) is 3.17. The number of fused-ring (bicyclic) bond motifs is 1. The third kappa shape index (κ3) is 3.43. The first-order chi connectivity index (χ1) is 8.20. The summed E-state index contributed by atoms with van der Waals surface area (Å²) in [6.45, 7) is 10.7. The molecule has 0 amide bonds. The maximum absolute atomic E-state index is 6.27. The summed E-state index contributed by atoms with van der Waals surface area (Å²) in [4.78, 5) is 5.29. The normalized spacial score (nSPS) is 30.9. The van der Waals surface area contributed by atoms with Gasteiger partial charge in [-0.2, -0.15) is 0 Å². The number of piperidine rings is 1. The van der Waals surface area contributed by atoms with Gasteiger partial charge in [0.05, 0.1) is 0 Å². The first-order valence-corrected chi connectivity index (χ1v) is 7.42. The molecule has 2 aliphatic rings. The zero-order chi connectivity index (χ0) is 12.3. The van der Waals surface area contributed by atoms with Crippen molar-refractivity contribution < 1.29 is 0 Å². The maximum Gasteiger partial charge on any atom is 0.0223 e. The topological polar surface area (TPSA) is 32.5 Å². The Balaban J connectivity index is 1.79. The molecular weight excluding hydrogens is 210 g/mol. The van der Waals surface area contributed by atoms with Gasteiger partial charge in [0.25, 0.3) is 0 Å². The van der Waals surface area contributed by atoms with Gasteiger partial charge >= 0.3 is 0 Å². The second-order valence-corrected chi connectivity index (χ2v) is 5.99. The Morgan fingerprint density at radius 1 is 1.24 bits per heavy atom. The Hall–Kier alpha value is -0.120. The third-order valence-corrected chi connectivity index (χ3v) is 4.77. The minimum Gasteiger partial charge on any atom is -0.326 e. The van der Waals surface area contributed by atoms with Gasteiger partial charge in [-0.05, 0) is 25.3 Å². The fraction of sp³-hybridized carbons (Fsp3) is 1.00. The van der Waals surface area contributed by atoms with Crippen LogP contribution in [0.4, 0.5) is 0 Å². The van der Waals surface area contributed by atoms with Gasteiger partial charge in [-0.25, -0.2) is 0 Å². The number of hydrogen-bond donors (Lipinski definition) is 1. The molecule has 0 spiro atoms. The SMILES string of the molecule is CCC(C)C(N)CN1CCN2CCCCC2C1. The van der Waals surface area contributed by atoms with E-state index in [-0.39, 0.29) is 0 Å². The summed E-state index contributed by atoms with van der Waals surface area (Å²) >= 11 is 0. The minimum atomic E-state index is 0.357. The van der Waals surface area contributed by atoms with E-state index in [0.29, 0.717) is 12.0 Å². The van der Waals surface area contributed by atoms with E-state index in [0.717, 1.165) is 12.6 Å². The zero-order valence-electron chi connectivity index (χ0n) is 11.6. The molecule has 0 saturated carbocycles. The van der Waals surface area contributed by atoms with Gasteiger partial charge in [0, 0.05) is 38.3 Å². The van der Waals surface area contributed by atoms with E-state index in [1.807, 2.05) is 0 Å². The van der Waals surface area contributed by atoms with Crippen molar-refractivity contribution in [3.8, 4) is 0 Å². The Bertz CT molecular complexity index is 230. The molecule has 0 aliphatic carbocycles. The van der Waals surface area contributed by atoms with Gasteiger partial charge in [-0.1, -0.05) is 26.7 Å². The molecule has 3 heteroatoms. The van der Waals surface area contributed by atoms with Crippen molar-refractivity contribution >= 4 is 0 Å². The van der Waals surface area contributed by atoms with Gasteiger partial charge < -0.3 is 5.73 Å². The molecule has 100 valence electrons. The standard InChI is InChI=1S/C14H29N3/c1-3-12(2)14(15)11-16-8-9-17-7-5-4-6-13(17)10-16/h12-14H,3-11,15H2,1-2H3. The van der Waals surface area contributed by atoms with Crippen LogP contribution in [0.15, 0.2) is 0 Å². The largest absolute Gasteiger partial charge is 0.326 e. The number of hydrogen-bond acceptors (Lipinski definition) is 3. The molecule has 0 radical (unpaired) electrons. The molecule has 2 rings (SSSR count). The van der Waals surface area contributed by atoms with Crippen LogP contribution in [0.2, 0.25) is 0 Å². The molecule has 3 atom stereocenters. The van der Waals surface area contributed by atoms with E-state index in [1.54, 1.807) is 0 Å². The molecule has 17 heavy (non-hydrogen) atoms. The maximum atomic E-state index is 6.27. The molecule has 0 aromatic carbocycles. The van der Waals surface area contributed by atoms with Crippen LogP contribution in [0.1, 0.15) is 39.5 Å². The lowest BCUT2D eigenvalue weighted by Crippen LogP contribution is -2.57. The fourth-order valence-electron chi connectivity index (χ4n) is 3.17. The molecule has 3 nitrogen and oxygen atoms in total. The summed E-state index contributed by atoms with van der Waals surface area (Å²) in [7, 11) is 0. The molecule has 2 N–H and O–H groups in total. The molecular formula is C14H29N3. The van der Waals surface area contributed by atoms with E-state index >= 15 is 0 Å². The van der Waals surface area contributed by atoms with Crippen molar-refractivity contribution in [3.05, 3.63) is 0 Å². The second-order valence-electron chi connectivity index (χ2n) is 5.99. The molecule has 0 bridgehead atoms. The summed E-state index contributed by atoms with van der Waals surface area (Å²) in [5, 5.41) is 0. The van der Waals surface area contributed by atoms with Crippen LogP contribution in [-0.2, 0) is 0 Å². The highest BCUT2D eigenvalue weighted by Gasteiger charge is 2.29. The van der Waals surface area contributed by atoms with Crippen LogP contribution in [-0.4, -0.2) is 54.6 Å². The van der Waals surface area contributed by atoms with E-state index in [9.17, 15) is 0 Å². The first-order valence-electron chi connectivity index (χ1n) is 7.42. The monoisotopic (exact) mass is 239 g/mol. The Morgan fingerprint density at radius 2 is 2.06 bits per heavy atom. The van der Waals surface area contributed by atoms with Crippen molar-refractivity contribution in [1.82, 2.24) is 9.80 Å². The molecule has 2 saturated heterocycles. The van der Waals surface area contributed by atoms with E-state index < -0.39 is 0 Å². The average molecular weight is 239 g/mol. The van der Waals surface area contributed by atoms with Crippen molar-refractivity contribution in [2.45, 2.75) is 51.6 Å². The predicted molar refractivity (Wildman–Crippen MR) is 73.1 cm³/mol. The average Bonchev–Trinajstić information content (AvgIpc) is 2.37. The first kappa shape index (κ1) is 13.3. The van der Waals surface area contributed by atoms with Gasteiger partial charge in [-0.3, -0.25) is 9.80 Å². The lowest BCUT2D eigenvalue weighted by Gasteiger charge is -2.45.